The Labute approximate surface area is 209 Å². The summed E-state index contributed by atoms with van der Waals surface area (Å²) in [4.78, 5) is 39.1. The molecule has 1 aliphatic heterocycles. The van der Waals surface area contributed by atoms with Crippen LogP contribution in [0.5, 0.6) is 11.5 Å². The standard InChI is InChI=1S/C26H32FN5O4/c1-4-30(17-24-28-21-16-23(36-3)22(35-2)15-20(21)26(34)29-24)10-9-25(33)32-13-11-31(12-14-32)19-7-5-18(27)6-8-19/h5-8,15-16H,4,9-14,17H2,1-3H3,(H,28,29,34). The van der Waals surface area contributed by atoms with E-state index in [1.165, 1.54) is 26.4 Å². The lowest BCUT2D eigenvalue weighted by atomic mass is 10.2. The molecule has 1 aliphatic rings. The predicted molar refractivity (Wildman–Crippen MR) is 136 cm³/mol. The average molecular weight is 498 g/mol. The summed E-state index contributed by atoms with van der Waals surface area (Å²) < 4.78 is 23.8. The monoisotopic (exact) mass is 497 g/mol. The van der Waals surface area contributed by atoms with E-state index < -0.39 is 0 Å². The molecule has 2 aromatic carbocycles. The fourth-order valence-corrected chi connectivity index (χ4v) is 4.43. The SMILES string of the molecule is CCN(CCC(=O)N1CCN(c2ccc(F)cc2)CC1)Cc1nc2cc(OC)c(OC)cc2c(=O)[nH]1. The molecule has 9 nitrogen and oxygen atoms in total. The quantitative estimate of drug-likeness (QED) is 0.486. The molecule has 1 aromatic heterocycles. The van der Waals surface area contributed by atoms with E-state index in [1.807, 2.05) is 11.8 Å². The minimum atomic E-state index is -0.254. The molecular weight excluding hydrogens is 465 g/mol. The Bertz CT molecular complexity index is 1260. The van der Waals surface area contributed by atoms with Gasteiger partial charge in [-0.15, -0.1) is 0 Å². The number of anilines is 1. The van der Waals surface area contributed by atoms with Gasteiger partial charge in [-0.3, -0.25) is 14.5 Å². The van der Waals surface area contributed by atoms with E-state index in [0.717, 1.165) is 5.69 Å². The van der Waals surface area contributed by atoms with Gasteiger partial charge >= 0.3 is 0 Å². The Hall–Kier alpha value is -3.66. The Kier molecular flexibility index (Phi) is 8.04. The molecule has 1 amide bonds. The van der Waals surface area contributed by atoms with E-state index in [2.05, 4.69) is 19.8 Å². The van der Waals surface area contributed by atoms with Gasteiger partial charge in [0.2, 0.25) is 5.91 Å². The number of halogens is 1. The summed E-state index contributed by atoms with van der Waals surface area (Å²) in [5, 5.41) is 0.425. The number of hydrogen-bond acceptors (Lipinski definition) is 7. The average Bonchev–Trinajstić information content (AvgIpc) is 2.90. The smallest absolute Gasteiger partial charge is 0.258 e. The van der Waals surface area contributed by atoms with Gasteiger partial charge in [0.25, 0.3) is 5.56 Å². The number of nitrogens with one attached hydrogen (secondary N) is 1. The number of amides is 1. The van der Waals surface area contributed by atoms with Crippen LogP contribution in [0.3, 0.4) is 0 Å². The number of rotatable bonds is 9. The Morgan fingerprint density at radius 3 is 2.39 bits per heavy atom. The van der Waals surface area contributed by atoms with Crippen molar-refractivity contribution >= 4 is 22.5 Å². The number of carbonyl (C=O) groups is 1. The number of benzene rings is 2. The molecule has 10 heteroatoms. The molecule has 0 radical (unpaired) electrons. The molecule has 0 bridgehead atoms. The maximum Gasteiger partial charge on any atom is 0.258 e. The highest BCUT2D eigenvalue weighted by Gasteiger charge is 2.22. The van der Waals surface area contributed by atoms with Crippen molar-refractivity contribution in [2.45, 2.75) is 19.9 Å². The molecule has 0 spiro atoms. The number of piperazine rings is 1. The van der Waals surface area contributed by atoms with E-state index in [0.29, 0.717) is 80.5 Å². The second-order valence-corrected chi connectivity index (χ2v) is 8.70. The molecule has 36 heavy (non-hydrogen) atoms. The van der Waals surface area contributed by atoms with Gasteiger partial charge in [-0.1, -0.05) is 6.92 Å². The van der Waals surface area contributed by atoms with Gasteiger partial charge in [0, 0.05) is 50.9 Å². The minimum absolute atomic E-state index is 0.101. The molecule has 0 saturated carbocycles. The zero-order valence-electron chi connectivity index (χ0n) is 20.9. The molecule has 0 atom stereocenters. The second-order valence-electron chi connectivity index (χ2n) is 8.70. The number of methoxy groups -OCH3 is 2. The summed E-state index contributed by atoms with van der Waals surface area (Å²) in [6.07, 6.45) is 0.382. The highest BCUT2D eigenvalue weighted by molar-refractivity contribution is 5.81. The van der Waals surface area contributed by atoms with Crippen LogP contribution in [0.2, 0.25) is 0 Å². The van der Waals surface area contributed by atoms with Crippen molar-refractivity contribution < 1.29 is 18.7 Å². The first kappa shape index (κ1) is 25.4. The van der Waals surface area contributed by atoms with Crippen LogP contribution < -0.4 is 19.9 Å². The van der Waals surface area contributed by atoms with Gasteiger partial charge in [0.05, 0.1) is 31.7 Å². The fraction of sp³-hybridized carbons (Fsp3) is 0.423. The third-order valence-corrected chi connectivity index (χ3v) is 6.55. The first-order valence-electron chi connectivity index (χ1n) is 12.1. The van der Waals surface area contributed by atoms with Crippen LogP contribution >= 0.6 is 0 Å². The van der Waals surface area contributed by atoms with E-state index in [9.17, 15) is 14.0 Å². The van der Waals surface area contributed by atoms with Crippen LogP contribution in [0.25, 0.3) is 10.9 Å². The van der Waals surface area contributed by atoms with Crippen molar-refractivity contribution in [2.24, 2.45) is 0 Å². The molecule has 1 saturated heterocycles. The largest absolute Gasteiger partial charge is 0.493 e. The van der Waals surface area contributed by atoms with Gasteiger partial charge in [-0.05, 0) is 36.9 Å². The number of hydrogen-bond donors (Lipinski definition) is 1. The molecule has 2 heterocycles. The Morgan fingerprint density at radius 2 is 1.75 bits per heavy atom. The van der Waals surface area contributed by atoms with Crippen LogP contribution in [-0.4, -0.2) is 79.2 Å². The third kappa shape index (κ3) is 5.76. The normalized spacial score (nSPS) is 13.9. The minimum Gasteiger partial charge on any atom is -0.493 e. The van der Waals surface area contributed by atoms with E-state index >= 15 is 0 Å². The zero-order valence-corrected chi connectivity index (χ0v) is 20.9. The van der Waals surface area contributed by atoms with Crippen LogP contribution in [0, 0.1) is 5.82 Å². The molecule has 4 rings (SSSR count). The number of carbonyl (C=O) groups excluding carboxylic acids is 1. The molecular formula is C26H32FN5O4. The van der Waals surface area contributed by atoms with Crippen LogP contribution in [-0.2, 0) is 11.3 Å². The van der Waals surface area contributed by atoms with Gasteiger partial charge in [0.15, 0.2) is 11.5 Å². The lowest BCUT2D eigenvalue weighted by Gasteiger charge is -2.36. The number of H-pyrrole nitrogens is 1. The van der Waals surface area contributed by atoms with Crippen LogP contribution in [0.15, 0.2) is 41.2 Å². The van der Waals surface area contributed by atoms with Crippen molar-refractivity contribution in [1.82, 2.24) is 19.8 Å². The second kappa shape index (κ2) is 11.4. The van der Waals surface area contributed by atoms with Crippen molar-refractivity contribution in [3.63, 3.8) is 0 Å². The number of aromatic amines is 1. The Balaban J connectivity index is 1.34. The zero-order chi connectivity index (χ0) is 25.7. The number of aromatic nitrogens is 2. The maximum absolute atomic E-state index is 13.2. The first-order chi connectivity index (χ1) is 17.4. The number of nitrogens with zero attached hydrogens (tertiary/aromatic N) is 4. The fourth-order valence-electron chi connectivity index (χ4n) is 4.43. The number of ether oxygens (including phenoxy) is 2. The Morgan fingerprint density at radius 1 is 1.08 bits per heavy atom. The molecule has 3 aromatic rings. The van der Waals surface area contributed by atoms with E-state index in [-0.39, 0.29) is 17.3 Å². The van der Waals surface area contributed by atoms with Crippen LogP contribution in [0.1, 0.15) is 19.2 Å². The van der Waals surface area contributed by atoms with Crippen molar-refractivity contribution in [2.75, 3.05) is 58.4 Å². The summed E-state index contributed by atoms with van der Waals surface area (Å²) in [6.45, 7) is 6.39. The highest BCUT2D eigenvalue weighted by atomic mass is 19.1. The first-order valence-corrected chi connectivity index (χ1v) is 12.1. The topological polar surface area (TPSA) is 91.0 Å². The van der Waals surface area contributed by atoms with Crippen LogP contribution in [0.4, 0.5) is 10.1 Å². The van der Waals surface area contributed by atoms with Crippen molar-refractivity contribution in [1.29, 1.82) is 0 Å². The van der Waals surface area contributed by atoms with E-state index in [4.69, 9.17) is 9.47 Å². The lowest BCUT2D eigenvalue weighted by molar-refractivity contribution is -0.131. The van der Waals surface area contributed by atoms with E-state index in [1.54, 1.807) is 24.3 Å². The van der Waals surface area contributed by atoms with Gasteiger partial charge in [0.1, 0.15) is 11.6 Å². The van der Waals surface area contributed by atoms with Crippen molar-refractivity contribution in [3.8, 4) is 11.5 Å². The van der Waals surface area contributed by atoms with Gasteiger partial charge in [-0.25, -0.2) is 9.37 Å². The summed E-state index contributed by atoms with van der Waals surface area (Å²) in [6, 6.07) is 9.76. The molecule has 0 aliphatic carbocycles. The molecule has 1 fully saturated rings. The highest BCUT2D eigenvalue weighted by Crippen LogP contribution is 2.30. The van der Waals surface area contributed by atoms with Gasteiger partial charge in [-0.2, -0.15) is 0 Å². The maximum atomic E-state index is 13.2. The molecule has 0 unspecified atom stereocenters. The van der Waals surface area contributed by atoms with Gasteiger partial charge < -0.3 is 24.3 Å². The summed E-state index contributed by atoms with van der Waals surface area (Å²) in [7, 11) is 3.06. The molecule has 192 valence electrons. The molecule has 1 N–H and O–H groups in total. The lowest BCUT2D eigenvalue weighted by Crippen LogP contribution is -2.49. The summed E-state index contributed by atoms with van der Waals surface area (Å²) in [5.41, 5.74) is 1.24. The summed E-state index contributed by atoms with van der Waals surface area (Å²) >= 11 is 0. The predicted octanol–water partition coefficient (Wildman–Crippen LogP) is 2.64. The number of fused-ring (bicyclic) bond motifs is 1. The van der Waals surface area contributed by atoms with Crippen molar-refractivity contribution in [3.05, 3.63) is 58.4 Å². The third-order valence-electron chi connectivity index (χ3n) is 6.55. The summed E-state index contributed by atoms with van der Waals surface area (Å²) in [5.74, 6) is 1.35.